The first kappa shape index (κ1) is 30.4. The molecule has 0 radical (unpaired) electrons. The summed E-state index contributed by atoms with van der Waals surface area (Å²) < 4.78 is 10.5. The van der Waals surface area contributed by atoms with Crippen LogP contribution >= 0.6 is 0 Å². The molecule has 0 aliphatic rings. The number of methoxy groups -OCH3 is 2. The maximum Gasteiger partial charge on any atom is 0.303 e. The standard InChI is InChI=1S/C32H41NO5/c1-6-11-30(23(3)12-8-9-15-31(34)35)25-18-16-24(17-19-25)13-10-14-27(7-2)33-32(36)26-20-28(37-4)22-29(21-26)38-5/h7,10-11,14,16-23H,6,8-9,12-13,15H2,1-5H3,(H,33,36)(H,34,35)/b14-10-,27-7+,30-11-. The van der Waals surface area contributed by atoms with E-state index >= 15 is 0 Å². The van der Waals surface area contributed by atoms with Gasteiger partial charge in [-0.25, -0.2) is 0 Å². The van der Waals surface area contributed by atoms with Gasteiger partial charge in [0.1, 0.15) is 11.5 Å². The Kier molecular flexibility index (Phi) is 12.9. The number of amides is 1. The molecule has 2 rings (SSSR count). The fraction of sp³-hybridized carbons (Fsp3) is 0.375. The fourth-order valence-corrected chi connectivity index (χ4v) is 4.21. The van der Waals surface area contributed by atoms with Crippen molar-refractivity contribution in [1.82, 2.24) is 5.32 Å². The second-order valence-electron chi connectivity index (χ2n) is 9.21. The predicted octanol–water partition coefficient (Wildman–Crippen LogP) is 7.21. The van der Waals surface area contributed by atoms with Crippen LogP contribution in [0.25, 0.3) is 5.57 Å². The highest BCUT2D eigenvalue weighted by atomic mass is 16.5. The van der Waals surface area contributed by atoms with E-state index in [0.29, 0.717) is 35.1 Å². The summed E-state index contributed by atoms with van der Waals surface area (Å²) in [4.78, 5) is 23.5. The van der Waals surface area contributed by atoms with Crippen LogP contribution in [0.1, 0.15) is 74.4 Å². The second kappa shape index (κ2) is 16.1. The maximum absolute atomic E-state index is 12.8. The molecule has 1 amide bonds. The van der Waals surface area contributed by atoms with Gasteiger partial charge in [-0.1, -0.05) is 62.8 Å². The molecule has 1 unspecified atom stereocenters. The Balaban J connectivity index is 1.99. The molecule has 0 spiro atoms. The molecule has 6 nitrogen and oxygen atoms in total. The summed E-state index contributed by atoms with van der Waals surface area (Å²) in [6.45, 7) is 6.23. The number of rotatable bonds is 15. The number of carbonyl (C=O) groups excluding carboxylic acids is 1. The maximum atomic E-state index is 12.8. The molecule has 0 saturated heterocycles. The van der Waals surface area contributed by atoms with Gasteiger partial charge in [0.2, 0.25) is 0 Å². The third kappa shape index (κ3) is 9.92. The summed E-state index contributed by atoms with van der Waals surface area (Å²) in [5.74, 6) is 0.518. The number of aliphatic carboxylic acids is 1. The van der Waals surface area contributed by atoms with Crippen LogP contribution in [0.4, 0.5) is 0 Å². The van der Waals surface area contributed by atoms with E-state index in [1.165, 1.54) is 16.7 Å². The summed E-state index contributed by atoms with van der Waals surface area (Å²) in [5, 5.41) is 11.8. The van der Waals surface area contributed by atoms with E-state index in [0.717, 1.165) is 25.7 Å². The van der Waals surface area contributed by atoms with Gasteiger partial charge in [0.25, 0.3) is 5.91 Å². The van der Waals surface area contributed by atoms with Gasteiger partial charge >= 0.3 is 5.97 Å². The predicted molar refractivity (Wildman–Crippen MR) is 154 cm³/mol. The summed E-state index contributed by atoms with van der Waals surface area (Å²) in [6, 6.07) is 13.7. The van der Waals surface area contributed by atoms with Crippen LogP contribution in [0.5, 0.6) is 11.5 Å². The Hall–Kier alpha value is -3.80. The van der Waals surface area contributed by atoms with Crippen LogP contribution < -0.4 is 14.8 Å². The van der Waals surface area contributed by atoms with E-state index in [1.54, 1.807) is 32.4 Å². The topological polar surface area (TPSA) is 84.9 Å². The number of carboxylic acids is 1. The van der Waals surface area contributed by atoms with Crippen molar-refractivity contribution in [1.29, 1.82) is 0 Å². The molecule has 0 bridgehead atoms. The summed E-state index contributed by atoms with van der Waals surface area (Å²) in [5.41, 5.74) is 4.86. The molecule has 1 atom stereocenters. The lowest BCUT2D eigenvalue weighted by Crippen LogP contribution is -2.21. The number of hydrogen-bond donors (Lipinski definition) is 2. The average molecular weight is 520 g/mol. The SMILES string of the molecule is C/C=C(\C=C/Cc1ccc(/C(=C\CC)C(C)CCCCC(=O)O)cc1)NC(=O)c1cc(OC)cc(OC)c1. The number of nitrogens with one attached hydrogen (secondary N) is 1. The molecular weight excluding hydrogens is 478 g/mol. The first-order valence-corrected chi connectivity index (χ1v) is 13.2. The van der Waals surface area contributed by atoms with E-state index in [2.05, 4.69) is 49.5 Å². The largest absolute Gasteiger partial charge is 0.497 e. The first-order chi connectivity index (χ1) is 18.3. The minimum atomic E-state index is -0.729. The summed E-state index contributed by atoms with van der Waals surface area (Å²) in [6.07, 6.45) is 12.6. The number of carbonyl (C=O) groups is 2. The van der Waals surface area contributed by atoms with E-state index in [-0.39, 0.29) is 12.3 Å². The molecule has 38 heavy (non-hydrogen) atoms. The van der Waals surface area contributed by atoms with E-state index in [1.807, 2.05) is 25.2 Å². The Labute approximate surface area is 227 Å². The molecule has 0 heterocycles. The first-order valence-electron chi connectivity index (χ1n) is 13.2. The summed E-state index contributed by atoms with van der Waals surface area (Å²) >= 11 is 0. The van der Waals surface area contributed by atoms with Crippen LogP contribution in [0.2, 0.25) is 0 Å². The molecule has 2 aromatic rings. The number of unbranched alkanes of at least 4 members (excludes halogenated alkanes) is 1. The lowest BCUT2D eigenvalue weighted by Gasteiger charge is -2.17. The number of carboxylic acid groups (broad SMARTS) is 1. The zero-order valence-corrected chi connectivity index (χ0v) is 23.3. The average Bonchev–Trinajstić information content (AvgIpc) is 2.93. The number of hydrogen-bond acceptors (Lipinski definition) is 4. The van der Waals surface area contributed by atoms with Gasteiger partial charge in [-0.3, -0.25) is 9.59 Å². The van der Waals surface area contributed by atoms with E-state index < -0.39 is 5.97 Å². The third-order valence-electron chi connectivity index (χ3n) is 6.35. The third-order valence-corrected chi connectivity index (χ3v) is 6.35. The zero-order valence-electron chi connectivity index (χ0n) is 23.3. The molecule has 0 saturated carbocycles. The van der Waals surface area contributed by atoms with Gasteiger partial charge in [0.15, 0.2) is 0 Å². The highest BCUT2D eigenvalue weighted by Crippen LogP contribution is 2.28. The van der Waals surface area contributed by atoms with Gasteiger partial charge in [-0.2, -0.15) is 0 Å². The van der Waals surface area contributed by atoms with Crippen molar-refractivity contribution in [3.05, 3.63) is 89.2 Å². The smallest absolute Gasteiger partial charge is 0.303 e. The van der Waals surface area contributed by atoms with Gasteiger partial charge in [-0.15, -0.1) is 0 Å². The molecule has 204 valence electrons. The number of ether oxygens (including phenoxy) is 2. The Bertz CT molecular complexity index is 1120. The monoisotopic (exact) mass is 519 g/mol. The van der Waals surface area contributed by atoms with E-state index in [9.17, 15) is 9.59 Å². The van der Waals surface area contributed by atoms with Crippen LogP contribution in [0, 0.1) is 5.92 Å². The zero-order chi connectivity index (χ0) is 27.9. The fourth-order valence-electron chi connectivity index (χ4n) is 4.21. The van der Waals surface area contributed by atoms with Crippen molar-refractivity contribution in [3.63, 3.8) is 0 Å². The van der Waals surface area contributed by atoms with Crippen molar-refractivity contribution < 1.29 is 24.2 Å². The minimum Gasteiger partial charge on any atom is -0.497 e. The van der Waals surface area contributed by atoms with Crippen molar-refractivity contribution >= 4 is 17.4 Å². The number of allylic oxidation sites excluding steroid dienone is 5. The van der Waals surface area contributed by atoms with Crippen molar-refractivity contribution in [2.24, 2.45) is 5.92 Å². The molecule has 2 aromatic carbocycles. The molecule has 6 heteroatoms. The van der Waals surface area contributed by atoms with Crippen LogP contribution in [-0.4, -0.2) is 31.2 Å². The molecular formula is C32H41NO5. The van der Waals surface area contributed by atoms with Gasteiger partial charge in [0, 0.05) is 23.7 Å². The minimum absolute atomic E-state index is 0.232. The Morgan fingerprint density at radius 3 is 2.21 bits per heavy atom. The normalized spacial score (nSPS) is 12.9. The van der Waals surface area contributed by atoms with Crippen molar-refractivity contribution in [2.75, 3.05) is 14.2 Å². The highest BCUT2D eigenvalue weighted by Gasteiger charge is 2.12. The van der Waals surface area contributed by atoms with Gasteiger partial charge in [-0.05, 0) is 73.4 Å². The van der Waals surface area contributed by atoms with Gasteiger partial charge in [0.05, 0.1) is 14.2 Å². The lowest BCUT2D eigenvalue weighted by atomic mass is 9.88. The summed E-state index contributed by atoms with van der Waals surface area (Å²) in [7, 11) is 3.10. The van der Waals surface area contributed by atoms with Crippen LogP contribution in [0.15, 0.2) is 72.5 Å². The quantitative estimate of drug-likeness (QED) is 0.192. The highest BCUT2D eigenvalue weighted by molar-refractivity contribution is 5.96. The van der Waals surface area contributed by atoms with Crippen molar-refractivity contribution in [2.45, 2.75) is 59.3 Å². The van der Waals surface area contributed by atoms with Crippen LogP contribution in [0.3, 0.4) is 0 Å². The molecule has 0 aromatic heterocycles. The van der Waals surface area contributed by atoms with Gasteiger partial charge < -0.3 is 19.9 Å². The van der Waals surface area contributed by atoms with Crippen molar-refractivity contribution in [3.8, 4) is 11.5 Å². The Morgan fingerprint density at radius 2 is 1.66 bits per heavy atom. The molecule has 0 aliphatic carbocycles. The number of benzene rings is 2. The molecule has 0 aliphatic heterocycles. The second-order valence-corrected chi connectivity index (χ2v) is 9.21. The molecule has 2 N–H and O–H groups in total. The lowest BCUT2D eigenvalue weighted by molar-refractivity contribution is -0.137. The van der Waals surface area contributed by atoms with Crippen LogP contribution in [-0.2, 0) is 11.2 Å². The molecule has 0 fully saturated rings. The van der Waals surface area contributed by atoms with E-state index in [4.69, 9.17) is 14.6 Å². The Morgan fingerprint density at radius 1 is 1.00 bits per heavy atom.